The average Bonchev–Trinajstić information content (AvgIpc) is 2.95. The summed E-state index contributed by atoms with van der Waals surface area (Å²) in [4.78, 5) is 21.1. The summed E-state index contributed by atoms with van der Waals surface area (Å²) in [5, 5.41) is 3.83. The highest BCUT2D eigenvalue weighted by Gasteiger charge is 2.39. The second-order valence-corrected chi connectivity index (χ2v) is 24.1. The molecule has 0 aliphatic carbocycles. The Bertz CT molecular complexity index is 1150. The molecule has 2 aromatic rings. The van der Waals surface area contributed by atoms with Crippen LogP contribution in [0.5, 0.6) is 11.5 Å². The van der Waals surface area contributed by atoms with Gasteiger partial charge in [0.1, 0.15) is 16.8 Å². The topological polar surface area (TPSA) is 109 Å². The Morgan fingerprint density at radius 1 is 0.733 bits per heavy atom. The molecule has 0 amide bonds. The minimum Gasteiger partial charge on any atom is -0.544 e. The minimum atomic E-state index is -1.80. The molecule has 256 valence electrons. The summed E-state index contributed by atoms with van der Waals surface area (Å²) in [6, 6.07) is 16.4. The fourth-order valence-corrected chi connectivity index (χ4v) is 5.33. The van der Waals surface area contributed by atoms with E-state index in [0.717, 1.165) is 22.6 Å². The Hall–Kier alpha value is -2.19. The summed E-state index contributed by atoms with van der Waals surface area (Å²) in [7, 11) is -0.782. The predicted octanol–water partition coefficient (Wildman–Crippen LogP) is 8.54. The van der Waals surface area contributed by atoms with Crippen LogP contribution in [0.2, 0.25) is 36.3 Å². The van der Waals surface area contributed by atoms with Crippen molar-refractivity contribution in [1.82, 2.24) is 5.32 Å². The van der Waals surface area contributed by atoms with Gasteiger partial charge in [0.05, 0.1) is 20.8 Å². The highest BCUT2D eigenvalue weighted by molar-refractivity contribution is 9.09. The van der Waals surface area contributed by atoms with E-state index >= 15 is 0 Å². The van der Waals surface area contributed by atoms with Crippen LogP contribution in [0.1, 0.15) is 78.6 Å². The van der Waals surface area contributed by atoms with Gasteiger partial charge in [-0.1, -0.05) is 81.7 Å². The van der Waals surface area contributed by atoms with E-state index in [1.165, 1.54) is 14.2 Å². The number of carbonyl (C=O) groups excluding carboxylic acids is 2. The summed E-state index contributed by atoms with van der Waals surface area (Å²) in [6.07, 6.45) is 0. The highest BCUT2D eigenvalue weighted by atomic mass is 79.9. The van der Waals surface area contributed by atoms with Gasteiger partial charge in [-0.15, -0.1) is 0 Å². The lowest BCUT2D eigenvalue weighted by atomic mass is 10.1. The van der Waals surface area contributed by atoms with Gasteiger partial charge in [0.2, 0.25) is 16.6 Å². The first-order chi connectivity index (χ1) is 20.5. The van der Waals surface area contributed by atoms with E-state index in [4.69, 9.17) is 14.6 Å². The van der Waals surface area contributed by atoms with Crippen molar-refractivity contribution in [2.75, 3.05) is 26.1 Å². The number of ether oxygens (including phenoxy) is 2. The number of hydrogen-bond donors (Lipinski definition) is 2. The largest absolute Gasteiger partial charge is 0.544 e. The predicted molar refractivity (Wildman–Crippen MR) is 195 cm³/mol. The van der Waals surface area contributed by atoms with E-state index in [1.807, 2.05) is 62.4 Å². The molecule has 3 N–H and O–H groups in total. The van der Waals surface area contributed by atoms with Gasteiger partial charge >= 0.3 is 11.9 Å². The zero-order chi connectivity index (χ0) is 35.2. The molecule has 0 unspecified atom stereocenters. The summed E-state index contributed by atoms with van der Waals surface area (Å²) >= 11 is 2.90. The molecule has 11 heteroatoms. The fraction of sp³-hybridized carbons (Fsp3) is 0.588. The molecule has 0 saturated carbocycles. The maximum Gasteiger partial charge on any atom is 0.319 e. The Morgan fingerprint density at radius 3 is 1.36 bits per heavy atom. The van der Waals surface area contributed by atoms with Gasteiger partial charge in [0, 0.05) is 12.1 Å². The van der Waals surface area contributed by atoms with Crippen LogP contribution in [0, 0.1) is 0 Å². The molecule has 0 radical (unpaired) electrons. The van der Waals surface area contributed by atoms with Crippen LogP contribution < -0.4 is 19.9 Å². The van der Waals surface area contributed by atoms with Crippen molar-refractivity contribution in [2.45, 2.75) is 104 Å². The number of alkyl halides is 1. The molecular weight excluding hydrogens is 668 g/mol. The zero-order valence-electron chi connectivity index (χ0n) is 30.1. The van der Waals surface area contributed by atoms with Gasteiger partial charge in [-0.3, -0.25) is 9.59 Å². The number of benzene rings is 2. The number of halogens is 1. The van der Waals surface area contributed by atoms with Gasteiger partial charge in [-0.05, 0) is 85.5 Å². The minimum absolute atomic E-state index is 0.0805. The molecule has 0 aliphatic heterocycles. The molecule has 0 bridgehead atoms. The van der Waals surface area contributed by atoms with E-state index in [-0.39, 0.29) is 46.0 Å². The van der Waals surface area contributed by atoms with Crippen LogP contribution in [-0.4, -0.2) is 54.7 Å². The zero-order valence-corrected chi connectivity index (χ0v) is 33.7. The van der Waals surface area contributed by atoms with Crippen LogP contribution in [0.3, 0.4) is 0 Å². The first-order valence-corrected chi connectivity index (χ1v) is 22.2. The first kappa shape index (κ1) is 42.8. The average molecular weight is 728 g/mol. The molecule has 0 spiro atoms. The number of esters is 2. The molecule has 0 aromatic heterocycles. The Morgan fingerprint density at radius 2 is 1.09 bits per heavy atom. The maximum atomic E-state index is 11.2. The molecule has 2 aromatic carbocycles. The Balaban J connectivity index is 0.000000744. The number of methoxy groups -OCH3 is 2. The van der Waals surface area contributed by atoms with Gasteiger partial charge in [-0.25, -0.2) is 0 Å². The monoisotopic (exact) mass is 726 g/mol. The van der Waals surface area contributed by atoms with Crippen LogP contribution >= 0.6 is 15.9 Å². The second-order valence-electron chi connectivity index (χ2n) is 14.0. The number of carbonyl (C=O) groups is 2. The van der Waals surface area contributed by atoms with E-state index in [9.17, 15) is 9.59 Å². The second kappa shape index (κ2) is 18.8. The lowest BCUT2D eigenvalue weighted by molar-refractivity contribution is -0.139. The normalized spacial score (nSPS) is 13.2. The molecule has 0 saturated heterocycles. The third kappa shape index (κ3) is 15.8. The number of hydrogen-bond acceptors (Lipinski definition) is 8. The van der Waals surface area contributed by atoms with Crippen LogP contribution in [0.4, 0.5) is 0 Å². The molecule has 2 atom stereocenters. The van der Waals surface area contributed by atoms with Crippen molar-refractivity contribution < 1.29 is 27.9 Å². The lowest BCUT2D eigenvalue weighted by Gasteiger charge is -2.36. The van der Waals surface area contributed by atoms with E-state index < -0.39 is 16.6 Å². The first-order valence-electron chi connectivity index (χ1n) is 15.3. The van der Waals surface area contributed by atoms with Crippen molar-refractivity contribution in [2.24, 2.45) is 5.73 Å². The smallest absolute Gasteiger partial charge is 0.319 e. The summed E-state index contributed by atoms with van der Waals surface area (Å²) in [6.45, 7) is 26.6. The number of nitrogens with two attached hydrogens (primary N) is 1. The van der Waals surface area contributed by atoms with E-state index in [0.29, 0.717) is 0 Å². The molecule has 8 nitrogen and oxygen atoms in total. The molecule has 0 heterocycles. The van der Waals surface area contributed by atoms with Crippen molar-refractivity contribution in [3.8, 4) is 11.5 Å². The summed E-state index contributed by atoms with van der Waals surface area (Å²) in [5.74, 6) is 1.37. The van der Waals surface area contributed by atoms with Gasteiger partial charge in [-0.2, -0.15) is 0 Å². The van der Waals surface area contributed by atoms with Crippen LogP contribution in [0.25, 0.3) is 0 Å². The molecule has 2 rings (SSSR count). The van der Waals surface area contributed by atoms with Crippen molar-refractivity contribution in [3.63, 3.8) is 0 Å². The molecule has 0 fully saturated rings. The Kier molecular flexibility index (Phi) is 17.9. The molecule has 0 aliphatic rings. The molecular formula is C34H59BrN2O6Si2. The number of rotatable bonds is 10. The third-order valence-corrected chi connectivity index (χ3v) is 17.4. The van der Waals surface area contributed by atoms with Crippen LogP contribution in [-0.2, 0) is 19.1 Å². The lowest BCUT2D eigenvalue weighted by Crippen LogP contribution is -2.43. The van der Waals surface area contributed by atoms with E-state index in [2.05, 4.69) is 98.5 Å². The Labute approximate surface area is 283 Å². The summed E-state index contributed by atoms with van der Waals surface area (Å²) in [5.41, 5.74) is 8.09. The van der Waals surface area contributed by atoms with Gasteiger partial charge in [0.25, 0.3) is 0 Å². The fourth-order valence-electron chi connectivity index (χ4n) is 3.04. The van der Waals surface area contributed by atoms with Crippen molar-refractivity contribution >= 4 is 44.5 Å². The SMILES string of the molecule is COC(=O)CBr.COC(=O)CN[C@@H](C)c1ccc(O[Si](C)(C)C(C)(C)C)cc1.C[C@H](N)c1ccc(O[Si](C)(C)C(C)(C)C)cc1. The third-order valence-electron chi connectivity index (χ3n) is 8.26. The van der Waals surface area contributed by atoms with Crippen molar-refractivity contribution in [1.29, 1.82) is 0 Å². The van der Waals surface area contributed by atoms with E-state index in [1.54, 1.807) is 0 Å². The van der Waals surface area contributed by atoms with Crippen LogP contribution in [0.15, 0.2) is 48.5 Å². The highest BCUT2D eigenvalue weighted by Crippen LogP contribution is 2.38. The van der Waals surface area contributed by atoms with Gasteiger partial charge < -0.3 is 29.4 Å². The maximum absolute atomic E-state index is 11.2. The standard InChI is InChI=1S/C17H29NO3Si.C14H25NOSi.C3H5BrO2/c1-13(18-12-16(19)20-5)14-8-10-15(11-9-14)21-22(6,7)17(2,3)4;1-11(15)12-7-9-13(10-8-12)16-17(5,6)14(2,3)4;1-6-3(5)2-4/h8-11,13,18H,12H2,1-7H3;7-11H,15H2,1-6H3;2H2,1H3/t13-;11-;/m00./s1. The van der Waals surface area contributed by atoms with Gasteiger partial charge in [0.15, 0.2) is 0 Å². The number of nitrogens with one attached hydrogen (secondary N) is 1. The molecule has 45 heavy (non-hydrogen) atoms. The quantitative estimate of drug-likeness (QED) is 0.143. The summed E-state index contributed by atoms with van der Waals surface area (Å²) < 4.78 is 21.3. The van der Waals surface area contributed by atoms with Crippen molar-refractivity contribution in [3.05, 3.63) is 59.7 Å².